The maximum Gasteiger partial charge on any atom is 0.322 e. The molecule has 0 aliphatic carbocycles. The molecule has 7 nitrogen and oxygen atoms in total. The van der Waals surface area contributed by atoms with E-state index in [1.807, 2.05) is 25.1 Å². The van der Waals surface area contributed by atoms with Crippen molar-refractivity contribution in [2.75, 3.05) is 23.7 Å². The van der Waals surface area contributed by atoms with Crippen molar-refractivity contribution < 1.29 is 14.1 Å². The van der Waals surface area contributed by atoms with Gasteiger partial charge in [0.05, 0.1) is 5.69 Å². The zero-order chi connectivity index (χ0) is 16.7. The number of aromatic nitrogens is 1. The number of carbonyl (C=O) groups excluding carboxylic acids is 2. The SMILES string of the molecule is CCCN(CC(=O)Nc1ccon1)C(=O)Nc1ccccc1Br. The van der Waals surface area contributed by atoms with Crippen molar-refractivity contribution >= 4 is 39.4 Å². The monoisotopic (exact) mass is 380 g/mol. The second kappa shape index (κ2) is 8.33. The summed E-state index contributed by atoms with van der Waals surface area (Å²) >= 11 is 3.37. The fourth-order valence-electron chi connectivity index (χ4n) is 1.91. The fraction of sp³-hybridized carbons (Fsp3) is 0.267. The number of amides is 3. The van der Waals surface area contributed by atoms with E-state index in [1.54, 1.807) is 6.07 Å². The molecule has 2 rings (SSSR count). The molecule has 0 aliphatic rings. The molecule has 0 aliphatic heterocycles. The van der Waals surface area contributed by atoms with Gasteiger partial charge in [0.25, 0.3) is 0 Å². The van der Waals surface area contributed by atoms with Crippen molar-refractivity contribution in [3.05, 3.63) is 41.1 Å². The Morgan fingerprint density at radius 3 is 2.70 bits per heavy atom. The standard InChI is InChI=1S/C15H17BrN4O3/c1-2-8-20(10-14(21)18-13-7-9-23-19-13)15(22)17-12-6-4-3-5-11(12)16/h3-7,9H,2,8,10H2,1H3,(H,17,22)(H,18,19,21). The lowest BCUT2D eigenvalue weighted by Gasteiger charge is -2.22. The topological polar surface area (TPSA) is 87.5 Å². The maximum atomic E-state index is 12.4. The van der Waals surface area contributed by atoms with E-state index in [4.69, 9.17) is 0 Å². The lowest BCUT2D eigenvalue weighted by atomic mass is 10.3. The van der Waals surface area contributed by atoms with Crippen molar-refractivity contribution in [3.63, 3.8) is 0 Å². The van der Waals surface area contributed by atoms with E-state index >= 15 is 0 Å². The summed E-state index contributed by atoms with van der Waals surface area (Å²) in [5.41, 5.74) is 0.649. The van der Waals surface area contributed by atoms with E-state index in [9.17, 15) is 9.59 Å². The van der Waals surface area contributed by atoms with Gasteiger partial charge in [0.15, 0.2) is 5.82 Å². The van der Waals surface area contributed by atoms with Gasteiger partial charge in [0.2, 0.25) is 5.91 Å². The van der Waals surface area contributed by atoms with Gasteiger partial charge in [0.1, 0.15) is 12.8 Å². The quantitative estimate of drug-likeness (QED) is 0.804. The Bertz CT molecular complexity index is 661. The number of anilines is 2. The van der Waals surface area contributed by atoms with E-state index in [-0.39, 0.29) is 18.5 Å². The first kappa shape index (κ1) is 17.0. The fourth-order valence-corrected chi connectivity index (χ4v) is 2.30. The lowest BCUT2D eigenvalue weighted by Crippen LogP contribution is -2.41. The van der Waals surface area contributed by atoms with E-state index < -0.39 is 0 Å². The molecule has 1 aromatic carbocycles. The van der Waals surface area contributed by atoms with Crippen LogP contribution in [-0.4, -0.2) is 35.1 Å². The number of hydrogen-bond donors (Lipinski definition) is 2. The van der Waals surface area contributed by atoms with Crippen molar-refractivity contribution in [1.29, 1.82) is 0 Å². The van der Waals surface area contributed by atoms with Crippen LogP contribution in [0.15, 0.2) is 45.6 Å². The molecule has 0 saturated carbocycles. The second-order valence-corrected chi connectivity index (χ2v) is 5.62. The Hall–Kier alpha value is -2.35. The third-order valence-electron chi connectivity index (χ3n) is 2.94. The van der Waals surface area contributed by atoms with E-state index in [0.29, 0.717) is 18.1 Å². The van der Waals surface area contributed by atoms with Crippen LogP contribution in [-0.2, 0) is 4.79 Å². The Balaban J connectivity index is 1.98. The van der Waals surface area contributed by atoms with Crippen LogP contribution in [0.3, 0.4) is 0 Å². The first-order valence-electron chi connectivity index (χ1n) is 7.11. The number of nitrogens with one attached hydrogen (secondary N) is 2. The summed E-state index contributed by atoms with van der Waals surface area (Å²) < 4.78 is 5.42. The molecule has 1 heterocycles. The van der Waals surface area contributed by atoms with Crippen molar-refractivity contribution in [1.82, 2.24) is 10.1 Å². The van der Waals surface area contributed by atoms with Crippen LogP contribution in [0.4, 0.5) is 16.3 Å². The molecule has 1 aromatic heterocycles. The van der Waals surface area contributed by atoms with Crippen LogP contribution >= 0.6 is 15.9 Å². The highest BCUT2D eigenvalue weighted by Gasteiger charge is 2.18. The van der Waals surface area contributed by atoms with E-state index in [0.717, 1.165) is 10.9 Å². The van der Waals surface area contributed by atoms with Gasteiger partial charge >= 0.3 is 6.03 Å². The largest absolute Gasteiger partial charge is 0.363 e. The molecule has 122 valence electrons. The molecule has 8 heteroatoms. The molecule has 3 amide bonds. The number of benzene rings is 1. The maximum absolute atomic E-state index is 12.4. The minimum Gasteiger partial charge on any atom is -0.363 e. The number of halogens is 1. The van der Waals surface area contributed by atoms with Crippen LogP contribution in [0, 0.1) is 0 Å². The molecule has 0 unspecified atom stereocenters. The summed E-state index contributed by atoms with van der Waals surface area (Å²) in [4.78, 5) is 25.8. The number of para-hydroxylation sites is 1. The normalized spacial score (nSPS) is 10.2. The molecule has 0 radical (unpaired) electrons. The van der Waals surface area contributed by atoms with Gasteiger partial charge < -0.3 is 20.1 Å². The summed E-state index contributed by atoms with van der Waals surface area (Å²) in [6.45, 7) is 2.33. The number of nitrogens with zero attached hydrogens (tertiary/aromatic N) is 2. The highest BCUT2D eigenvalue weighted by Crippen LogP contribution is 2.21. The lowest BCUT2D eigenvalue weighted by molar-refractivity contribution is -0.116. The molecule has 0 atom stereocenters. The molecule has 2 aromatic rings. The first-order valence-corrected chi connectivity index (χ1v) is 7.90. The molecule has 0 spiro atoms. The van der Waals surface area contributed by atoms with Gasteiger partial charge in [-0.05, 0) is 34.5 Å². The number of carbonyl (C=O) groups is 2. The van der Waals surface area contributed by atoms with E-state index in [2.05, 4.69) is 36.2 Å². The highest BCUT2D eigenvalue weighted by molar-refractivity contribution is 9.10. The zero-order valence-corrected chi connectivity index (χ0v) is 14.2. The van der Waals surface area contributed by atoms with Crippen molar-refractivity contribution in [3.8, 4) is 0 Å². The van der Waals surface area contributed by atoms with Gasteiger partial charge in [0, 0.05) is 17.1 Å². The molecular weight excluding hydrogens is 364 g/mol. The zero-order valence-electron chi connectivity index (χ0n) is 12.6. The highest BCUT2D eigenvalue weighted by atomic mass is 79.9. The van der Waals surface area contributed by atoms with Crippen molar-refractivity contribution in [2.24, 2.45) is 0 Å². The summed E-state index contributed by atoms with van der Waals surface area (Å²) in [7, 11) is 0. The van der Waals surface area contributed by atoms with Crippen LogP contribution in [0.25, 0.3) is 0 Å². The molecule has 23 heavy (non-hydrogen) atoms. The summed E-state index contributed by atoms with van der Waals surface area (Å²) in [6.07, 6.45) is 2.10. The summed E-state index contributed by atoms with van der Waals surface area (Å²) in [6, 6.07) is 8.48. The van der Waals surface area contributed by atoms with Gasteiger partial charge in [-0.2, -0.15) is 0 Å². The van der Waals surface area contributed by atoms with Crippen LogP contribution in [0.1, 0.15) is 13.3 Å². The summed E-state index contributed by atoms with van der Waals surface area (Å²) in [5, 5.41) is 8.95. The number of hydrogen-bond acceptors (Lipinski definition) is 4. The smallest absolute Gasteiger partial charge is 0.322 e. The van der Waals surface area contributed by atoms with Gasteiger partial charge in [-0.25, -0.2) is 4.79 Å². The number of rotatable bonds is 6. The van der Waals surface area contributed by atoms with Crippen LogP contribution < -0.4 is 10.6 Å². The molecule has 0 bridgehead atoms. The molecular formula is C15H17BrN4O3. The number of urea groups is 1. The van der Waals surface area contributed by atoms with E-state index in [1.165, 1.54) is 17.2 Å². The van der Waals surface area contributed by atoms with Gasteiger partial charge in [-0.3, -0.25) is 4.79 Å². The Kier molecular flexibility index (Phi) is 6.16. The molecule has 0 saturated heterocycles. The minimum absolute atomic E-state index is 0.0724. The predicted molar refractivity (Wildman–Crippen MR) is 90.2 cm³/mol. The Morgan fingerprint density at radius 2 is 2.04 bits per heavy atom. The summed E-state index contributed by atoms with van der Waals surface area (Å²) in [5.74, 6) is -0.0210. The van der Waals surface area contributed by atoms with Crippen molar-refractivity contribution in [2.45, 2.75) is 13.3 Å². The Labute approximate surface area is 142 Å². The third kappa shape index (κ3) is 5.10. The second-order valence-electron chi connectivity index (χ2n) is 4.76. The minimum atomic E-state index is -0.339. The molecule has 0 fully saturated rings. The van der Waals surface area contributed by atoms with Crippen LogP contribution in [0.2, 0.25) is 0 Å². The predicted octanol–water partition coefficient (Wildman–Crippen LogP) is 3.32. The average molecular weight is 381 g/mol. The first-order chi connectivity index (χ1) is 11.1. The van der Waals surface area contributed by atoms with Crippen LogP contribution in [0.5, 0.6) is 0 Å². The average Bonchev–Trinajstić information content (AvgIpc) is 3.02. The third-order valence-corrected chi connectivity index (χ3v) is 3.63. The Morgan fingerprint density at radius 1 is 1.26 bits per heavy atom. The van der Waals surface area contributed by atoms with Gasteiger partial charge in [-0.1, -0.05) is 24.2 Å². The van der Waals surface area contributed by atoms with Gasteiger partial charge in [-0.15, -0.1) is 0 Å². The molecule has 2 N–H and O–H groups in total.